The zero-order chi connectivity index (χ0) is 11.5. The molecule has 0 spiro atoms. The fraction of sp³-hybridized carbons (Fsp3) is 0.364. The third-order valence-corrected chi connectivity index (χ3v) is 3.59. The number of rotatable bonds is 3. The van der Waals surface area contributed by atoms with Crippen molar-refractivity contribution < 1.29 is 19.0 Å². The van der Waals surface area contributed by atoms with Crippen molar-refractivity contribution in [3.8, 4) is 0 Å². The predicted octanol–water partition coefficient (Wildman–Crippen LogP) is 2.40. The maximum atomic E-state index is 13.1. The summed E-state index contributed by atoms with van der Waals surface area (Å²) >= 11 is 1.54. The zero-order valence-corrected chi connectivity index (χ0v) is 9.30. The molecule has 0 radical (unpaired) electrons. The quantitative estimate of drug-likeness (QED) is 0.884. The third kappa shape index (κ3) is 2.54. The van der Waals surface area contributed by atoms with Crippen LogP contribution in [-0.4, -0.2) is 29.5 Å². The molecule has 0 bridgehead atoms. The van der Waals surface area contributed by atoms with Gasteiger partial charge in [-0.05, 0) is 24.6 Å². The molecule has 1 N–H and O–H groups in total. The minimum Gasteiger partial charge on any atom is -0.478 e. The van der Waals surface area contributed by atoms with Gasteiger partial charge in [-0.25, -0.2) is 9.18 Å². The number of thioether (sulfide) groups is 1. The summed E-state index contributed by atoms with van der Waals surface area (Å²) in [7, 11) is 0. The van der Waals surface area contributed by atoms with Gasteiger partial charge >= 0.3 is 5.97 Å². The molecule has 0 aromatic heterocycles. The molecule has 1 saturated heterocycles. The highest BCUT2D eigenvalue weighted by molar-refractivity contribution is 8.00. The summed E-state index contributed by atoms with van der Waals surface area (Å²) in [6.45, 7) is 1.41. The maximum absolute atomic E-state index is 13.1. The fourth-order valence-corrected chi connectivity index (χ4v) is 2.64. The summed E-state index contributed by atoms with van der Waals surface area (Å²) in [5.41, 5.74) is -0.274. The molecular weight excluding hydrogens is 231 g/mol. The van der Waals surface area contributed by atoms with Crippen molar-refractivity contribution in [3.05, 3.63) is 29.6 Å². The van der Waals surface area contributed by atoms with Crippen molar-refractivity contribution in [1.29, 1.82) is 0 Å². The van der Waals surface area contributed by atoms with Crippen LogP contribution in [0.25, 0.3) is 0 Å². The Labute approximate surface area is 96.6 Å². The van der Waals surface area contributed by atoms with Crippen molar-refractivity contribution >= 4 is 17.7 Å². The molecule has 1 unspecified atom stereocenters. The largest absolute Gasteiger partial charge is 0.478 e. The number of aromatic carboxylic acids is 1. The molecule has 1 aromatic rings. The van der Waals surface area contributed by atoms with Gasteiger partial charge in [0.05, 0.1) is 12.2 Å². The van der Waals surface area contributed by atoms with Crippen LogP contribution in [0.4, 0.5) is 4.39 Å². The van der Waals surface area contributed by atoms with Crippen LogP contribution in [0.5, 0.6) is 0 Å². The molecule has 1 atom stereocenters. The Hall–Kier alpha value is -1.07. The predicted molar refractivity (Wildman–Crippen MR) is 58.4 cm³/mol. The minimum atomic E-state index is -1.23. The van der Waals surface area contributed by atoms with Crippen LogP contribution in [0.1, 0.15) is 16.8 Å². The highest BCUT2D eigenvalue weighted by Gasteiger charge is 2.18. The van der Waals surface area contributed by atoms with Crippen molar-refractivity contribution in [1.82, 2.24) is 0 Å². The maximum Gasteiger partial charge on any atom is 0.338 e. The molecule has 0 aliphatic carbocycles. The molecule has 1 aliphatic heterocycles. The van der Waals surface area contributed by atoms with Gasteiger partial charge in [0, 0.05) is 16.8 Å². The topological polar surface area (TPSA) is 46.5 Å². The molecule has 2 rings (SSSR count). The molecule has 0 amide bonds. The first-order valence-corrected chi connectivity index (χ1v) is 5.82. The zero-order valence-electron chi connectivity index (χ0n) is 8.48. The second-order valence-corrected chi connectivity index (χ2v) is 4.92. The number of carboxylic acid groups (broad SMARTS) is 1. The van der Waals surface area contributed by atoms with E-state index >= 15 is 0 Å². The lowest BCUT2D eigenvalue weighted by Crippen LogP contribution is -2.03. The first-order valence-electron chi connectivity index (χ1n) is 4.94. The van der Waals surface area contributed by atoms with Crippen LogP contribution < -0.4 is 0 Å². The van der Waals surface area contributed by atoms with Crippen LogP contribution in [0.2, 0.25) is 0 Å². The monoisotopic (exact) mass is 242 g/mol. The third-order valence-electron chi connectivity index (χ3n) is 2.36. The van der Waals surface area contributed by atoms with E-state index in [-0.39, 0.29) is 5.56 Å². The summed E-state index contributed by atoms with van der Waals surface area (Å²) in [6, 6.07) is 4.17. The number of ether oxygens (including phenoxy) is 1. The number of carboxylic acids is 1. The summed E-state index contributed by atoms with van der Waals surface area (Å²) in [5, 5.41) is 9.12. The van der Waals surface area contributed by atoms with Gasteiger partial charge in [0.1, 0.15) is 5.82 Å². The van der Waals surface area contributed by atoms with Crippen molar-refractivity contribution in [2.75, 3.05) is 13.2 Å². The smallest absolute Gasteiger partial charge is 0.338 e. The van der Waals surface area contributed by atoms with Crippen LogP contribution in [0.15, 0.2) is 23.1 Å². The molecule has 1 heterocycles. The number of hydrogen-bond acceptors (Lipinski definition) is 3. The Bertz CT molecular complexity index is 402. The van der Waals surface area contributed by atoms with E-state index in [1.165, 1.54) is 23.9 Å². The fourth-order valence-electron chi connectivity index (χ4n) is 1.54. The van der Waals surface area contributed by atoms with E-state index in [2.05, 4.69) is 0 Å². The van der Waals surface area contributed by atoms with Gasteiger partial charge in [-0.2, -0.15) is 0 Å². The Balaban J connectivity index is 2.15. The lowest BCUT2D eigenvalue weighted by molar-refractivity contribution is 0.0691. The number of benzene rings is 1. The summed E-state index contributed by atoms with van der Waals surface area (Å²) < 4.78 is 18.3. The Morgan fingerprint density at radius 1 is 1.56 bits per heavy atom. The molecular formula is C11H11FO3S. The van der Waals surface area contributed by atoms with E-state index in [1.54, 1.807) is 6.07 Å². The Morgan fingerprint density at radius 3 is 3.00 bits per heavy atom. The van der Waals surface area contributed by atoms with Crippen LogP contribution >= 0.6 is 11.8 Å². The minimum absolute atomic E-state index is 0.274. The van der Waals surface area contributed by atoms with E-state index in [0.717, 1.165) is 17.9 Å². The summed E-state index contributed by atoms with van der Waals surface area (Å²) in [4.78, 5) is 11.5. The second kappa shape index (κ2) is 4.84. The van der Waals surface area contributed by atoms with Gasteiger partial charge in [0.2, 0.25) is 0 Å². The molecule has 0 saturated carbocycles. The van der Waals surface area contributed by atoms with E-state index in [4.69, 9.17) is 9.84 Å². The van der Waals surface area contributed by atoms with Gasteiger partial charge < -0.3 is 9.84 Å². The summed E-state index contributed by atoms with van der Waals surface area (Å²) in [5.74, 6) is -1.93. The van der Waals surface area contributed by atoms with E-state index < -0.39 is 11.8 Å². The van der Waals surface area contributed by atoms with Gasteiger partial charge in [0.25, 0.3) is 0 Å². The van der Waals surface area contributed by atoms with Crippen LogP contribution in [0, 0.1) is 5.82 Å². The van der Waals surface area contributed by atoms with Crippen molar-refractivity contribution in [3.63, 3.8) is 0 Å². The van der Waals surface area contributed by atoms with Gasteiger partial charge in [0.15, 0.2) is 0 Å². The molecule has 16 heavy (non-hydrogen) atoms. The molecule has 1 fully saturated rings. The molecule has 5 heteroatoms. The number of carbonyl (C=O) groups is 1. The van der Waals surface area contributed by atoms with Gasteiger partial charge in [-0.15, -0.1) is 11.8 Å². The normalized spacial score (nSPS) is 19.9. The van der Waals surface area contributed by atoms with E-state index in [0.29, 0.717) is 11.9 Å². The molecule has 3 nitrogen and oxygen atoms in total. The molecule has 86 valence electrons. The SMILES string of the molecule is O=C(O)c1cc(SC2CCOC2)ccc1F. The second-order valence-electron chi connectivity index (χ2n) is 3.55. The first kappa shape index (κ1) is 11.4. The first-order chi connectivity index (χ1) is 7.66. The highest BCUT2D eigenvalue weighted by atomic mass is 32.2. The van der Waals surface area contributed by atoms with Crippen molar-refractivity contribution in [2.45, 2.75) is 16.6 Å². The summed E-state index contributed by atoms with van der Waals surface area (Å²) in [6.07, 6.45) is 0.949. The Morgan fingerprint density at radius 2 is 2.38 bits per heavy atom. The lowest BCUT2D eigenvalue weighted by Gasteiger charge is -2.08. The Kier molecular flexibility index (Phi) is 3.46. The van der Waals surface area contributed by atoms with Crippen LogP contribution in [-0.2, 0) is 4.74 Å². The highest BCUT2D eigenvalue weighted by Crippen LogP contribution is 2.29. The standard InChI is InChI=1S/C11H11FO3S/c12-10-2-1-7(5-9(10)11(13)14)16-8-3-4-15-6-8/h1-2,5,8H,3-4,6H2,(H,13,14). The number of halogens is 1. The number of hydrogen-bond donors (Lipinski definition) is 1. The molecule has 1 aromatic carbocycles. The van der Waals surface area contributed by atoms with Gasteiger partial charge in [-0.1, -0.05) is 0 Å². The van der Waals surface area contributed by atoms with Gasteiger partial charge in [-0.3, -0.25) is 0 Å². The van der Waals surface area contributed by atoms with E-state index in [1.807, 2.05) is 0 Å². The average Bonchev–Trinajstić information content (AvgIpc) is 2.73. The average molecular weight is 242 g/mol. The van der Waals surface area contributed by atoms with Crippen molar-refractivity contribution in [2.24, 2.45) is 0 Å². The van der Waals surface area contributed by atoms with E-state index in [9.17, 15) is 9.18 Å². The molecule has 1 aliphatic rings. The van der Waals surface area contributed by atoms with Crippen LogP contribution in [0.3, 0.4) is 0 Å². The lowest BCUT2D eigenvalue weighted by atomic mass is 10.2.